The van der Waals surface area contributed by atoms with Crippen molar-refractivity contribution in [1.82, 2.24) is 9.21 Å². The van der Waals surface area contributed by atoms with Crippen LogP contribution in [0.4, 0.5) is 4.39 Å². The third-order valence-corrected chi connectivity index (χ3v) is 7.51. The first-order valence-corrected chi connectivity index (χ1v) is 11.5. The average molecular weight is 425 g/mol. The van der Waals surface area contributed by atoms with Gasteiger partial charge in [-0.05, 0) is 42.3 Å². The summed E-state index contributed by atoms with van der Waals surface area (Å²) in [6, 6.07) is 23.9. The number of hydrogen-bond donors (Lipinski definition) is 0. The first-order valence-electron chi connectivity index (χ1n) is 10.1. The van der Waals surface area contributed by atoms with Crippen LogP contribution in [0.1, 0.15) is 22.7 Å². The number of sulfonamides is 1. The normalized spacial score (nSPS) is 17.0. The molecule has 0 saturated carbocycles. The highest BCUT2D eigenvalue weighted by Crippen LogP contribution is 2.30. The second-order valence-corrected chi connectivity index (χ2v) is 9.56. The van der Waals surface area contributed by atoms with Gasteiger partial charge in [-0.2, -0.15) is 4.31 Å². The third-order valence-electron chi connectivity index (χ3n) is 5.60. The largest absolute Gasteiger partial charge is 0.290 e. The van der Waals surface area contributed by atoms with Crippen molar-refractivity contribution >= 4 is 10.0 Å². The number of aryl methyl sites for hydroxylation is 1. The molecule has 1 heterocycles. The summed E-state index contributed by atoms with van der Waals surface area (Å²) in [5.41, 5.74) is 3.60. The lowest BCUT2D eigenvalue weighted by Crippen LogP contribution is -2.49. The van der Waals surface area contributed by atoms with E-state index in [1.54, 1.807) is 0 Å². The lowest BCUT2D eigenvalue weighted by molar-refractivity contribution is 0.156. The van der Waals surface area contributed by atoms with E-state index < -0.39 is 15.8 Å². The number of benzene rings is 3. The van der Waals surface area contributed by atoms with E-state index in [2.05, 4.69) is 48.2 Å². The van der Waals surface area contributed by atoms with Gasteiger partial charge in [-0.15, -0.1) is 0 Å². The minimum atomic E-state index is -3.62. The zero-order valence-electron chi connectivity index (χ0n) is 16.9. The Balaban J connectivity index is 1.56. The lowest BCUT2D eigenvalue weighted by Gasteiger charge is -2.39. The van der Waals surface area contributed by atoms with E-state index in [4.69, 9.17) is 0 Å². The van der Waals surface area contributed by atoms with E-state index in [1.165, 1.54) is 45.3 Å². The molecule has 156 valence electrons. The zero-order valence-corrected chi connectivity index (χ0v) is 17.7. The Bertz CT molecular complexity index is 1080. The maximum absolute atomic E-state index is 13.2. The van der Waals surface area contributed by atoms with Crippen LogP contribution in [0.2, 0.25) is 0 Å². The molecule has 6 heteroatoms. The molecule has 1 aliphatic rings. The number of piperazine rings is 1. The molecule has 30 heavy (non-hydrogen) atoms. The topological polar surface area (TPSA) is 40.6 Å². The smallest absolute Gasteiger partial charge is 0.243 e. The third kappa shape index (κ3) is 4.31. The Morgan fingerprint density at radius 3 is 1.93 bits per heavy atom. The first kappa shape index (κ1) is 20.7. The Hall–Kier alpha value is -2.54. The molecule has 0 aromatic heterocycles. The summed E-state index contributed by atoms with van der Waals surface area (Å²) in [6.07, 6.45) is 0. The van der Waals surface area contributed by atoms with Gasteiger partial charge in [-0.25, -0.2) is 12.8 Å². The van der Waals surface area contributed by atoms with Gasteiger partial charge in [0.1, 0.15) is 5.82 Å². The molecule has 0 aliphatic carbocycles. The van der Waals surface area contributed by atoms with Crippen LogP contribution in [-0.2, 0) is 10.0 Å². The van der Waals surface area contributed by atoms with Crippen molar-refractivity contribution < 1.29 is 12.8 Å². The molecule has 0 amide bonds. The van der Waals surface area contributed by atoms with Gasteiger partial charge in [0, 0.05) is 26.2 Å². The molecule has 1 atom stereocenters. The lowest BCUT2D eigenvalue weighted by atomic mass is 9.96. The van der Waals surface area contributed by atoms with Crippen molar-refractivity contribution in [1.29, 1.82) is 0 Å². The van der Waals surface area contributed by atoms with Crippen molar-refractivity contribution in [2.75, 3.05) is 26.2 Å². The number of nitrogens with zero attached hydrogens (tertiary/aromatic N) is 2. The highest BCUT2D eigenvalue weighted by atomic mass is 32.2. The molecule has 0 N–H and O–H groups in total. The fourth-order valence-corrected chi connectivity index (χ4v) is 5.38. The van der Waals surface area contributed by atoms with Gasteiger partial charge in [0.25, 0.3) is 0 Å². The van der Waals surface area contributed by atoms with Gasteiger partial charge >= 0.3 is 0 Å². The number of rotatable bonds is 5. The molecule has 1 saturated heterocycles. The highest BCUT2D eigenvalue weighted by molar-refractivity contribution is 7.89. The molecule has 1 aliphatic heterocycles. The number of halogens is 1. The maximum atomic E-state index is 13.2. The summed E-state index contributed by atoms with van der Waals surface area (Å²) < 4.78 is 40.6. The van der Waals surface area contributed by atoms with Crippen molar-refractivity contribution in [3.63, 3.8) is 0 Å². The Kier molecular flexibility index (Phi) is 5.99. The molecule has 4 nitrogen and oxygen atoms in total. The van der Waals surface area contributed by atoms with Crippen LogP contribution in [0.3, 0.4) is 0 Å². The average Bonchev–Trinajstić information content (AvgIpc) is 2.77. The van der Waals surface area contributed by atoms with Crippen LogP contribution >= 0.6 is 0 Å². The van der Waals surface area contributed by atoms with Crippen molar-refractivity contribution in [2.45, 2.75) is 17.9 Å². The monoisotopic (exact) mass is 424 g/mol. The fraction of sp³-hybridized carbons (Fsp3) is 0.250. The van der Waals surface area contributed by atoms with Crippen molar-refractivity contribution in [3.05, 3.63) is 101 Å². The molecule has 0 spiro atoms. The quantitative estimate of drug-likeness (QED) is 0.615. The minimum Gasteiger partial charge on any atom is -0.290 e. The molecule has 1 fully saturated rings. The summed E-state index contributed by atoms with van der Waals surface area (Å²) in [4.78, 5) is 2.46. The minimum absolute atomic E-state index is 0.0717. The fourth-order valence-electron chi connectivity index (χ4n) is 3.96. The van der Waals surface area contributed by atoms with Crippen LogP contribution in [0, 0.1) is 12.7 Å². The second-order valence-electron chi connectivity index (χ2n) is 7.62. The molecule has 3 aromatic carbocycles. The van der Waals surface area contributed by atoms with Crippen LogP contribution in [0.5, 0.6) is 0 Å². The molecule has 0 radical (unpaired) electrons. The Morgan fingerprint density at radius 1 is 0.767 bits per heavy atom. The zero-order chi connectivity index (χ0) is 21.1. The van der Waals surface area contributed by atoms with Gasteiger partial charge in [-0.1, -0.05) is 60.2 Å². The van der Waals surface area contributed by atoms with Gasteiger partial charge in [0.15, 0.2) is 0 Å². The predicted octanol–water partition coefficient (Wildman–Crippen LogP) is 4.23. The van der Waals surface area contributed by atoms with Crippen LogP contribution < -0.4 is 0 Å². The molecular formula is C24H25FN2O2S. The standard InChI is InChI=1S/C24H25FN2O2S/c1-19-7-9-21(10-8-19)24(20-5-3-2-4-6-20)26-15-17-27(18-16-26)30(28,29)23-13-11-22(25)12-14-23/h2-14,24H,15-18H2,1H3. The van der Waals surface area contributed by atoms with E-state index in [9.17, 15) is 12.8 Å². The van der Waals surface area contributed by atoms with Crippen molar-refractivity contribution in [3.8, 4) is 0 Å². The summed E-state index contributed by atoms with van der Waals surface area (Å²) in [5.74, 6) is -0.442. The molecule has 0 bridgehead atoms. The summed E-state index contributed by atoms with van der Waals surface area (Å²) in [5, 5.41) is 0. The SMILES string of the molecule is Cc1ccc(C(c2ccccc2)N2CCN(S(=O)(=O)c3ccc(F)cc3)CC2)cc1. The van der Waals surface area contributed by atoms with E-state index in [0.717, 1.165) is 0 Å². The first-order chi connectivity index (χ1) is 14.4. The van der Waals surface area contributed by atoms with E-state index in [0.29, 0.717) is 26.2 Å². The van der Waals surface area contributed by atoms with E-state index in [1.807, 2.05) is 18.2 Å². The van der Waals surface area contributed by atoms with Crippen LogP contribution in [0.25, 0.3) is 0 Å². The van der Waals surface area contributed by atoms with Crippen LogP contribution in [-0.4, -0.2) is 43.8 Å². The Labute approximate surface area is 177 Å². The van der Waals surface area contributed by atoms with Gasteiger partial charge in [-0.3, -0.25) is 4.90 Å². The number of hydrogen-bond acceptors (Lipinski definition) is 3. The summed E-state index contributed by atoms with van der Waals surface area (Å²) >= 11 is 0. The summed E-state index contributed by atoms with van der Waals surface area (Å²) in [6.45, 7) is 4.10. The molecule has 1 unspecified atom stereocenters. The highest BCUT2D eigenvalue weighted by Gasteiger charge is 2.32. The molecular weight excluding hydrogens is 399 g/mol. The molecule has 3 aromatic rings. The van der Waals surface area contributed by atoms with Gasteiger partial charge in [0.2, 0.25) is 10.0 Å². The second kappa shape index (κ2) is 8.68. The molecule has 4 rings (SSSR count). The maximum Gasteiger partial charge on any atom is 0.243 e. The van der Waals surface area contributed by atoms with Crippen molar-refractivity contribution in [2.24, 2.45) is 0 Å². The van der Waals surface area contributed by atoms with E-state index >= 15 is 0 Å². The van der Waals surface area contributed by atoms with Gasteiger partial charge in [0.05, 0.1) is 10.9 Å². The predicted molar refractivity (Wildman–Crippen MR) is 116 cm³/mol. The summed E-state index contributed by atoms with van der Waals surface area (Å²) in [7, 11) is -3.62. The van der Waals surface area contributed by atoms with Crippen LogP contribution in [0.15, 0.2) is 83.8 Å². The van der Waals surface area contributed by atoms with Gasteiger partial charge < -0.3 is 0 Å². The Morgan fingerprint density at radius 2 is 1.33 bits per heavy atom. The van der Waals surface area contributed by atoms with E-state index in [-0.39, 0.29) is 10.9 Å².